The van der Waals surface area contributed by atoms with Gasteiger partial charge in [-0.3, -0.25) is 13.9 Å². The van der Waals surface area contributed by atoms with Crippen molar-refractivity contribution in [2.75, 3.05) is 17.1 Å². The predicted octanol–water partition coefficient (Wildman–Crippen LogP) is 3.32. The maximum absolute atomic E-state index is 13.6. The second-order valence-electron chi connectivity index (χ2n) is 8.80. The Morgan fingerprint density at radius 2 is 1.45 bits per heavy atom. The van der Waals surface area contributed by atoms with Gasteiger partial charge in [-0.1, -0.05) is 42.5 Å². The van der Waals surface area contributed by atoms with Crippen LogP contribution in [0.1, 0.15) is 43.0 Å². The molecule has 0 fully saturated rings. The second-order valence-corrected chi connectivity index (χ2v) is 10.7. The first-order valence-electron chi connectivity index (χ1n) is 11.0. The van der Waals surface area contributed by atoms with Gasteiger partial charge in [-0.05, 0) is 63.8 Å². The van der Waals surface area contributed by atoms with Crippen LogP contribution in [0.25, 0.3) is 0 Å². The van der Waals surface area contributed by atoms with E-state index in [0.29, 0.717) is 5.69 Å². The number of sulfonamides is 1. The average Bonchev–Trinajstić information content (AvgIpc) is 2.70. The zero-order valence-corrected chi connectivity index (χ0v) is 21.4. The van der Waals surface area contributed by atoms with Crippen molar-refractivity contribution in [2.45, 2.75) is 60.2 Å². The van der Waals surface area contributed by atoms with Crippen LogP contribution in [0.5, 0.6) is 0 Å². The van der Waals surface area contributed by atoms with Crippen molar-refractivity contribution in [3.8, 4) is 0 Å². The summed E-state index contributed by atoms with van der Waals surface area (Å²) in [5, 5.41) is 2.85. The number of benzene rings is 2. The highest BCUT2D eigenvalue weighted by atomic mass is 32.2. The van der Waals surface area contributed by atoms with Crippen LogP contribution >= 0.6 is 0 Å². The van der Waals surface area contributed by atoms with E-state index < -0.39 is 28.5 Å². The van der Waals surface area contributed by atoms with E-state index >= 15 is 0 Å². The molecular formula is C25H35N3O4S. The van der Waals surface area contributed by atoms with E-state index in [9.17, 15) is 18.0 Å². The van der Waals surface area contributed by atoms with Crippen LogP contribution in [0.4, 0.5) is 5.69 Å². The molecule has 2 aromatic carbocycles. The van der Waals surface area contributed by atoms with Crippen molar-refractivity contribution >= 4 is 27.5 Å². The summed E-state index contributed by atoms with van der Waals surface area (Å²) in [6.07, 6.45) is 1.09. The van der Waals surface area contributed by atoms with Gasteiger partial charge in [0.1, 0.15) is 12.6 Å². The molecule has 0 heterocycles. The summed E-state index contributed by atoms with van der Waals surface area (Å²) in [4.78, 5) is 27.8. The lowest BCUT2D eigenvalue weighted by Crippen LogP contribution is -2.52. The number of para-hydroxylation sites is 1. The lowest BCUT2D eigenvalue weighted by atomic mass is 10.1. The number of anilines is 1. The molecule has 0 aliphatic rings. The Balaban J connectivity index is 2.47. The third kappa shape index (κ3) is 6.81. The highest BCUT2D eigenvalue weighted by Crippen LogP contribution is 2.27. The quantitative estimate of drug-likeness (QED) is 0.605. The predicted molar refractivity (Wildman–Crippen MR) is 133 cm³/mol. The van der Waals surface area contributed by atoms with Crippen molar-refractivity contribution in [1.82, 2.24) is 10.2 Å². The largest absolute Gasteiger partial charge is 0.352 e. The number of nitrogens with zero attached hydrogens (tertiary/aromatic N) is 2. The van der Waals surface area contributed by atoms with Crippen LogP contribution in [-0.2, 0) is 26.2 Å². The summed E-state index contributed by atoms with van der Waals surface area (Å²) in [7, 11) is -3.75. The molecule has 0 bridgehead atoms. The van der Waals surface area contributed by atoms with Crippen molar-refractivity contribution < 1.29 is 18.0 Å². The van der Waals surface area contributed by atoms with E-state index in [4.69, 9.17) is 0 Å². The minimum absolute atomic E-state index is 0.0856. The van der Waals surface area contributed by atoms with E-state index in [2.05, 4.69) is 5.32 Å². The summed E-state index contributed by atoms with van der Waals surface area (Å²) in [5.41, 5.74) is 3.88. The molecule has 2 aromatic rings. The van der Waals surface area contributed by atoms with Crippen molar-refractivity contribution in [2.24, 2.45) is 0 Å². The number of amides is 2. The van der Waals surface area contributed by atoms with Crippen molar-refractivity contribution in [3.63, 3.8) is 0 Å². The molecule has 1 atom stereocenters. The normalized spacial score (nSPS) is 12.4. The van der Waals surface area contributed by atoms with Crippen LogP contribution in [0.15, 0.2) is 42.5 Å². The van der Waals surface area contributed by atoms with Gasteiger partial charge in [0.05, 0.1) is 11.9 Å². The van der Waals surface area contributed by atoms with E-state index in [-0.39, 0.29) is 18.5 Å². The second kappa shape index (κ2) is 10.8. The summed E-state index contributed by atoms with van der Waals surface area (Å²) in [6.45, 7) is 10.7. The third-order valence-electron chi connectivity index (χ3n) is 5.57. The first-order chi connectivity index (χ1) is 15.3. The monoisotopic (exact) mass is 473 g/mol. The Morgan fingerprint density at radius 1 is 0.909 bits per heavy atom. The number of carbonyl (C=O) groups is 2. The molecule has 0 spiro atoms. The molecular weight excluding hydrogens is 438 g/mol. The molecule has 33 heavy (non-hydrogen) atoms. The number of hydrogen-bond donors (Lipinski definition) is 1. The van der Waals surface area contributed by atoms with Gasteiger partial charge in [-0.15, -0.1) is 0 Å². The van der Waals surface area contributed by atoms with Crippen LogP contribution < -0.4 is 9.62 Å². The van der Waals surface area contributed by atoms with Crippen LogP contribution in [0, 0.1) is 20.8 Å². The molecule has 0 radical (unpaired) electrons. The van der Waals surface area contributed by atoms with E-state index in [1.165, 1.54) is 4.90 Å². The summed E-state index contributed by atoms with van der Waals surface area (Å²) in [5.74, 6) is -0.734. The SMILES string of the molecule is Cc1ccccc1CN(C(=O)CN(c1c(C)cccc1C)S(C)(=O)=O)[C@@H](C)C(=O)NC(C)C. The standard InChI is InChI=1S/C25H35N3O4S/c1-17(2)26-25(30)21(6)27(15-22-14-9-8-11-18(22)3)23(29)16-28(33(7,31)32)24-19(4)12-10-13-20(24)5/h8-14,17,21H,15-16H2,1-7H3,(H,26,30)/t21-/m0/s1. The van der Waals surface area contributed by atoms with Crippen molar-refractivity contribution in [3.05, 3.63) is 64.7 Å². The molecule has 2 amide bonds. The number of carbonyl (C=O) groups excluding carboxylic acids is 2. The Morgan fingerprint density at radius 3 is 1.97 bits per heavy atom. The smallest absolute Gasteiger partial charge is 0.244 e. The number of hydrogen-bond acceptors (Lipinski definition) is 4. The highest BCUT2D eigenvalue weighted by molar-refractivity contribution is 7.92. The minimum atomic E-state index is -3.75. The Labute approximate surface area is 197 Å². The fraction of sp³-hybridized carbons (Fsp3) is 0.440. The maximum Gasteiger partial charge on any atom is 0.244 e. The van der Waals surface area contributed by atoms with Crippen LogP contribution in [0.2, 0.25) is 0 Å². The molecule has 0 aliphatic heterocycles. The third-order valence-corrected chi connectivity index (χ3v) is 6.68. The zero-order chi connectivity index (χ0) is 24.9. The van der Waals surface area contributed by atoms with Crippen LogP contribution in [-0.4, -0.2) is 50.0 Å². The van der Waals surface area contributed by atoms with Gasteiger partial charge in [0.15, 0.2) is 0 Å². The molecule has 0 saturated heterocycles. The molecule has 1 N–H and O–H groups in total. The Hall–Kier alpha value is -2.87. The fourth-order valence-corrected chi connectivity index (χ4v) is 4.70. The molecule has 2 rings (SSSR count). The molecule has 0 unspecified atom stereocenters. The number of aryl methyl sites for hydroxylation is 3. The summed E-state index contributed by atoms with van der Waals surface area (Å²) in [6, 6.07) is 12.2. The van der Waals surface area contributed by atoms with Gasteiger partial charge < -0.3 is 10.2 Å². The molecule has 0 aliphatic carbocycles. The lowest BCUT2D eigenvalue weighted by molar-refractivity contribution is -0.139. The van der Waals surface area contributed by atoms with Crippen molar-refractivity contribution in [1.29, 1.82) is 0 Å². The first kappa shape index (κ1) is 26.4. The first-order valence-corrected chi connectivity index (χ1v) is 12.9. The zero-order valence-electron chi connectivity index (χ0n) is 20.5. The molecule has 8 heteroatoms. The fourth-order valence-electron chi connectivity index (χ4n) is 3.73. The summed E-state index contributed by atoms with van der Waals surface area (Å²) < 4.78 is 26.6. The Bertz CT molecular complexity index is 1090. The van der Waals surface area contributed by atoms with Gasteiger partial charge in [0.25, 0.3) is 0 Å². The molecule has 0 saturated carbocycles. The van der Waals surface area contributed by atoms with Gasteiger partial charge in [-0.2, -0.15) is 0 Å². The van der Waals surface area contributed by atoms with Gasteiger partial charge >= 0.3 is 0 Å². The van der Waals surface area contributed by atoms with E-state index in [1.54, 1.807) is 6.92 Å². The summed E-state index contributed by atoms with van der Waals surface area (Å²) >= 11 is 0. The van der Waals surface area contributed by atoms with Crippen LogP contribution in [0.3, 0.4) is 0 Å². The van der Waals surface area contributed by atoms with E-state index in [1.807, 2.05) is 77.1 Å². The van der Waals surface area contributed by atoms with Gasteiger partial charge in [0.2, 0.25) is 21.8 Å². The maximum atomic E-state index is 13.6. The Kier molecular flexibility index (Phi) is 8.66. The molecule has 180 valence electrons. The number of rotatable bonds is 9. The van der Waals surface area contributed by atoms with Gasteiger partial charge in [0, 0.05) is 12.6 Å². The molecule has 7 nitrogen and oxygen atoms in total. The van der Waals surface area contributed by atoms with E-state index in [0.717, 1.165) is 32.8 Å². The average molecular weight is 474 g/mol. The highest BCUT2D eigenvalue weighted by Gasteiger charge is 2.31. The number of nitrogens with one attached hydrogen (secondary N) is 1. The minimum Gasteiger partial charge on any atom is -0.352 e. The topological polar surface area (TPSA) is 86.8 Å². The lowest BCUT2D eigenvalue weighted by Gasteiger charge is -2.33. The molecule has 0 aromatic heterocycles. The van der Waals surface area contributed by atoms with Gasteiger partial charge in [-0.25, -0.2) is 8.42 Å².